The first-order chi connectivity index (χ1) is 7.72. The maximum Gasteiger partial charge on any atom is 0.185 e. The standard InChI is InChI=1S/C11H21N3S2/c1-4-5-9-10(8-12)16-11(13-9)14(2)6-7-15-3/h4-8,12H2,1-3H3. The Morgan fingerprint density at radius 2 is 2.25 bits per heavy atom. The summed E-state index contributed by atoms with van der Waals surface area (Å²) in [5.41, 5.74) is 6.94. The van der Waals surface area contributed by atoms with Gasteiger partial charge in [0.05, 0.1) is 5.69 Å². The van der Waals surface area contributed by atoms with Crippen LogP contribution in [-0.2, 0) is 13.0 Å². The average molecular weight is 259 g/mol. The molecule has 0 saturated carbocycles. The lowest BCUT2D eigenvalue weighted by molar-refractivity contribution is 0.862. The summed E-state index contributed by atoms with van der Waals surface area (Å²) in [6, 6.07) is 0. The molecule has 2 N–H and O–H groups in total. The number of hydrogen-bond acceptors (Lipinski definition) is 5. The van der Waals surface area contributed by atoms with Crippen LogP contribution in [0, 0.1) is 0 Å². The Bertz CT molecular complexity index is 312. The van der Waals surface area contributed by atoms with E-state index in [1.54, 1.807) is 11.3 Å². The molecule has 0 bridgehead atoms. The van der Waals surface area contributed by atoms with Gasteiger partial charge in [-0.3, -0.25) is 0 Å². The van der Waals surface area contributed by atoms with Crippen molar-refractivity contribution >= 4 is 28.2 Å². The van der Waals surface area contributed by atoms with Gasteiger partial charge in [0.1, 0.15) is 0 Å². The van der Waals surface area contributed by atoms with Crippen LogP contribution in [0.3, 0.4) is 0 Å². The molecule has 0 fully saturated rings. The SMILES string of the molecule is CCCc1nc(N(C)CCSC)sc1CN. The molecule has 0 aliphatic rings. The lowest BCUT2D eigenvalue weighted by Gasteiger charge is -2.14. The molecule has 0 aliphatic heterocycles. The molecule has 0 amide bonds. The molecule has 5 heteroatoms. The summed E-state index contributed by atoms with van der Waals surface area (Å²) in [4.78, 5) is 8.14. The van der Waals surface area contributed by atoms with Crippen LogP contribution in [-0.4, -0.2) is 30.6 Å². The molecule has 0 aliphatic carbocycles. The van der Waals surface area contributed by atoms with Crippen LogP contribution < -0.4 is 10.6 Å². The van der Waals surface area contributed by atoms with Gasteiger partial charge in [0.25, 0.3) is 0 Å². The van der Waals surface area contributed by atoms with Gasteiger partial charge < -0.3 is 10.6 Å². The number of nitrogens with zero attached hydrogens (tertiary/aromatic N) is 2. The Morgan fingerprint density at radius 3 is 2.81 bits per heavy atom. The fraction of sp³-hybridized carbons (Fsp3) is 0.727. The summed E-state index contributed by atoms with van der Waals surface area (Å²) in [7, 11) is 2.10. The maximum absolute atomic E-state index is 5.74. The van der Waals surface area contributed by atoms with E-state index in [2.05, 4.69) is 30.1 Å². The Morgan fingerprint density at radius 1 is 1.50 bits per heavy atom. The highest BCUT2D eigenvalue weighted by atomic mass is 32.2. The molecule has 0 unspecified atom stereocenters. The Kier molecular flexibility index (Phi) is 6.16. The summed E-state index contributed by atoms with van der Waals surface area (Å²) in [6.45, 7) is 3.84. The van der Waals surface area contributed by atoms with Crippen LogP contribution in [0.5, 0.6) is 0 Å². The van der Waals surface area contributed by atoms with E-state index in [0.717, 1.165) is 30.3 Å². The molecule has 16 heavy (non-hydrogen) atoms. The minimum atomic E-state index is 0.614. The van der Waals surface area contributed by atoms with Gasteiger partial charge in [0.2, 0.25) is 0 Å². The van der Waals surface area contributed by atoms with Gasteiger partial charge in [-0.2, -0.15) is 11.8 Å². The van der Waals surface area contributed by atoms with Gasteiger partial charge in [-0.1, -0.05) is 13.3 Å². The first-order valence-electron chi connectivity index (χ1n) is 5.61. The molecular weight excluding hydrogens is 238 g/mol. The summed E-state index contributed by atoms with van der Waals surface area (Å²) in [5, 5.41) is 1.11. The van der Waals surface area contributed by atoms with Crippen LogP contribution in [0.15, 0.2) is 0 Å². The second-order valence-corrected chi connectivity index (χ2v) is 5.78. The third-order valence-electron chi connectivity index (χ3n) is 2.40. The van der Waals surface area contributed by atoms with Gasteiger partial charge >= 0.3 is 0 Å². The number of thioether (sulfide) groups is 1. The number of anilines is 1. The number of nitrogens with two attached hydrogens (primary N) is 1. The second-order valence-electron chi connectivity index (χ2n) is 3.73. The number of aryl methyl sites for hydroxylation is 1. The van der Waals surface area contributed by atoms with E-state index in [4.69, 9.17) is 5.73 Å². The van der Waals surface area contributed by atoms with E-state index < -0.39 is 0 Å². The van der Waals surface area contributed by atoms with Gasteiger partial charge in [-0.05, 0) is 12.7 Å². The number of hydrogen-bond donors (Lipinski definition) is 1. The van der Waals surface area contributed by atoms with Gasteiger partial charge in [0, 0.05) is 30.8 Å². The van der Waals surface area contributed by atoms with E-state index in [9.17, 15) is 0 Å². The largest absolute Gasteiger partial charge is 0.350 e. The molecule has 1 aromatic rings. The van der Waals surface area contributed by atoms with Crippen molar-refractivity contribution in [1.82, 2.24) is 4.98 Å². The van der Waals surface area contributed by atoms with Crippen molar-refractivity contribution in [1.29, 1.82) is 0 Å². The zero-order valence-corrected chi connectivity index (χ0v) is 12.0. The molecule has 0 saturated heterocycles. The lowest BCUT2D eigenvalue weighted by atomic mass is 10.2. The maximum atomic E-state index is 5.74. The van der Waals surface area contributed by atoms with Crippen molar-refractivity contribution in [3.63, 3.8) is 0 Å². The van der Waals surface area contributed by atoms with Crippen LogP contribution in [0.4, 0.5) is 5.13 Å². The first-order valence-corrected chi connectivity index (χ1v) is 7.82. The van der Waals surface area contributed by atoms with E-state index in [1.165, 1.54) is 10.6 Å². The molecule has 1 heterocycles. The first kappa shape index (κ1) is 13.8. The summed E-state index contributed by atoms with van der Waals surface area (Å²) >= 11 is 3.60. The van der Waals surface area contributed by atoms with Crippen molar-refractivity contribution in [3.8, 4) is 0 Å². The van der Waals surface area contributed by atoms with E-state index in [-0.39, 0.29) is 0 Å². The Hall–Kier alpha value is -0.260. The highest BCUT2D eigenvalue weighted by Crippen LogP contribution is 2.26. The van der Waals surface area contributed by atoms with Crippen molar-refractivity contribution in [2.75, 3.05) is 30.5 Å². The summed E-state index contributed by atoms with van der Waals surface area (Å²) in [5.74, 6) is 1.14. The second kappa shape index (κ2) is 7.14. The van der Waals surface area contributed by atoms with Crippen molar-refractivity contribution in [2.24, 2.45) is 5.73 Å². The smallest absolute Gasteiger partial charge is 0.185 e. The van der Waals surface area contributed by atoms with Crippen LogP contribution in [0.25, 0.3) is 0 Å². The molecule has 0 aromatic carbocycles. The highest BCUT2D eigenvalue weighted by Gasteiger charge is 2.11. The Balaban J connectivity index is 2.72. The third-order valence-corrected chi connectivity index (χ3v) is 4.22. The quantitative estimate of drug-likeness (QED) is 0.816. The fourth-order valence-electron chi connectivity index (χ4n) is 1.45. The molecule has 0 atom stereocenters. The van der Waals surface area contributed by atoms with Gasteiger partial charge in [0.15, 0.2) is 5.13 Å². The normalized spacial score (nSPS) is 10.8. The van der Waals surface area contributed by atoms with Crippen molar-refractivity contribution in [3.05, 3.63) is 10.6 Å². The van der Waals surface area contributed by atoms with Crippen molar-refractivity contribution in [2.45, 2.75) is 26.3 Å². The van der Waals surface area contributed by atoms with Crippen LogP contribution in [0.1, 0.15) is 23.9 Å². The van der Waals surface area contributed by atoms with E-state index >= 15 is 0 Å². The zero-order chi connectivity index (χ0) is 12.0. The van der Waals surface area contributed by atoms with E-state index in [0.29, 0.717) is 6.54 Å². The molecule has 3 nitrogen and oxygen atoms in total. The van der Waals surface area contributed by atoms with Gasteiger partial charge in [-0.15, -0.1) is 11.3 Å². The lowest BCUT2D eigenvalue weighted by Crippen LogP contribution is -2.19. The molecule has 1 rings (SSSR count). The predicted molar refractivity (Wildman–Crippen MR) is 75.7 cm³/mol. The third kappa shape index (κ3) is 3.64. The highest BCUT2D eigenvalue weighted by molar-refractivity contribution is 7.98. The number of thiazole rings is 1. The molecule has 92 valence electrons. The number of aromatic nitrogens is 1. The topological polar surface area (TPSA) is 42.2 Å². The summed E-state index contributed by atoms with van der Waals surface area (Å²) in [6.07, 6.45) is 4.30. The summed E-state index contributed by atoms with van der Waals surface area (Å²) < 4.78 is 0. The van der Waals surface area contributed by atoms with Crippen LogP contribution >= 0.6 is 23.1 Å². The average Bonchev–Trinajstić information content (AvgIpc) is 2.69. The fourth-order valence-corrected chi connectivity index (χ4v) is 2.88. The minimum Gasteiger partial charge on any atom is -0.350 e. The van der Waals surface area contributed by atoms with Crippen LogP contribution in [0.2, 0.25) is 0 Å². The van der Waals surface area contributed by atoms with E-state index in [1.807, 2.05) is 11.8 Å². The zero-order valence-electron chi connectivity index (χ0n) is 10.3. The van der Waals surface area contributed by atoms with Crippen molar-refractivity contribution < 1.29 is 0 Å². The Labute approximate surface area is 106 Å². The van der Waals surface area contributed by atoms with Gasteiger partial charge in [-0.25, -0.2) is 4.98 Å². The predicted octanol–water partition coefficient (Wildman–Crippen LogP) is 2.35. The molecular formula is C11H21N3S2. The molecule has 0 spiro atoms. The molecule has 0 radical (unpaired) electrons. The number of rotatable bonds is 7. The monoisotopic (exact) mass is 259 g/mol. The molecule has 1 aromatic heterocycles. The minimum absolute atomic E-state index is 0.614.